The molecular formula is C13H16N2O4S2. The van der Waals surface area contributed by atoms with Gasteiger partial charge in [-0.2, -0.15) is 4.31 Å². The van der Waals surface area contributed by atoms with Crippen LogP contribution in [0.1, 0.15) is 11.3 Å². The van der Waals surface area contributed by atoms with E-state index in [1.807, 2.05) is 30.3 Å². The first-order chi connectivity index (χ1) is 9.95. The third-order valence-electron chi connectivity index (χ3n) is 2.91. The van der Waals surface area contributed by atoms with Gasteiger partial charge in [-0.05, 0) is 12.5 Å². The molecule has 0 amide bonds. The number of hydrogen-bond donors (Lipinski definition) is 2. The minimum absolute atomic E-state index is 0.00289. The molecule has 114 valence electrons. The topological polar surface area (TPSA) is 90.5 Å². The lowest BCUT2D eigenvalue weighted by atomic mass is 10.2. The quantitative estimate of drug-likeness (QED) is 0.825. The first-order valence-electron chi connectivity index (χ1n) is 6.30. The molecule has 21 heavy (non-hydrogen) atoms. The zero-order valence-electron chi connectivity index (χ0n) is 11.4. The van der Waals surface area contributed by atoms with Crippen LogP contribution < -0.4 is 4.87 Å². The summed E-state index contributed by atoms with van der Waals surface area (Å²) in [7, 11) is -3.81. The van der Waals surface area contributed by atoms with Crippen molar-refractivity contribution in [2.75, 3.05) is 13.2 Å². The van der Waals surface area contributed by atoms with Crippen molar-refractivity contribution in [3.63, 3.8) is 0 Å². The minimum atomic E-state index is -3.81. The van der Waals surface area contributed by atoms with Crippen LogP contribution in [-0.2, 0) is 16.6 Å². The molecule has 0 radical (unpaired) electrons. The van der Waals surface area contributed by atoms with Gasteiger partial charge in [-0.1, -0.05) is 41.7 Å². The molecule has 0 aliphatic carbocycles. The highest BCUT2D eigenvalue weighted by Gasteiger charge is 2.28. The fourth-order valence-electron chi connectivity index (χ4n) is 1.94. The number of nitrogens with zero attached hydrogens (tertiary/aromatic N) is 1. The van der Waals surface area contributed by atoms with Crippen LogP contribution in [0.5, 0.6) is 0 Å². The number of aryl methyl sites for hydroxylation is 1. The smallest absolute Gasteiger partial charge is 0.305 e. The van der Waals surface area contributed by atoms with Gasteiger partial charge in [0.1, 0.15) is 0 Å². The number of aliphatic hydroxyl groups is 1. The number of hydrogen-bond acceptors (Lipinski definition) is 5. The highest BCUT2D eigenvalue weighted by molar-refractivity contribution is 7.91. The van der Waals surface area contributed by atoms with Gasteiger partial charge < -0.3 is 10.1 Å². The van der Waals surface area contributed by atoms with Gasteiger partial charge in [-0.25, -0.2) is 8.42 Å². The van der Waals surface area contributed by atoms with Gasteiger partial charge in [-0.15, -0.1) is 0 Å². The maximum Gasteiger partial charge on any atom is 0.305 e. The Morgan fingerprint density at radius 3 is 2.48 bits per heavy atom. The summed E-state index contributed by atoms with van der Waals surface area (Å²) in [5.74, 6) is 0. The van der Waals surface area contributed by atoms with Crippen LogP contribution in [0.2, 0.25) is 0 Å². The van der Waals surface area contributed by atoms with Crippen LogP contribution in [0.3, 0.4) is 0 Å². The van der Waals surface area contributed by atoms with E-state index in [0.29, 0.717) is 17.0 Å². The first-order valence-corrected chi connectivity index (χ1v) is 8.55. The zero-order valence-corrected chi connectivity index (χ0v) is 13.1. The average Bonchev–Trinajstić information content (AvgIpc) is 2.79. The molecule has 6 nitrogen and oxygen atoms in total. The van der Waals surface area contributed by atoms with E-state index in [4.69, 9.17) is 5.11 Å². The number of nitrogens with one attached hydrogen (secondary N) is 1. The van der Waals surface area contributed by atoms with Crippen molar-refractivity contribution < 1.29 is 13.5 Å². The second kappa shape index (κ2) is 6.52. The highest BCUT2D eigenvalue weighted by Crippen LogP contribution is 2.22. The fourth-order valence-corrected chi connectivity index (χ4v) is 4.79. The molecule has 8 heteroatoms. The number of benzene rings is 1. The number of rotatable bonds is 6. The van der Waals surface area contributed by atoms with Crippen molar-refractivity contribution in [3.05, 3.63) is 51.3 Å². The molecule has 0 fully saturated rings. The van der Waals surface area contributed by atoms with E-state index in [9.17, 15) is 13.2 Å². The van der Waals surface area contributed by atoms with Crippen molar-refractivity contribution in [1.29, 1.82) is 0 Å². The molecule has 0 bridgehead atoms. The Bertz CT molecular complexity index is 750. The van der Waals surface area contributed by atoms with Gasteiger partial charge in [0, 0.05) is 18.8 Å². The van der Waals surface area contributed by atoms with E-state index in [1.165, 1.54) is 4.31 Å². The van der Waals surface area contributed by atoms with Crippen LogP contribution in [0, 0.1) is 6.92 Å². The monoisotopic (exact) mass is 328 g/mol. The number of aliphatic hydroxyl groups excluding tert-OH is 1. The SMILES string of the molecule is Cc1[nH]c(=O)sc1S(=O)(=O)N(CCO)Cc1ccccc1. The van der Waals surface area contributed by atoms with Gasteiger partial charge in [-0.3, -0.25) is 4.79 Å². The summed E-state index contributed by atoms with van der Waals surface area (Å²) in [6.45, 7) is 1.38. The van der Waals surface area contributed by atoms with E-state index in [0.717, 1.165) is 5.56 Å². The van der Waals surface area contributed by atoms with Crippen LogP contribution in [0.4, 0.5) is 0 Å². The number of thiazole rings is 1. The van der Waals surface area contributed by atoms with Gasteiger partial charge in [0.05, 0.1) is 6.61 Å². The Kier molecular flexibility index (Phi) is 4.94. The van der Waals surface area contributed by atoms with E-state index >= 15 is 0 Å². The summed E-state index contributed by atoms with van der Waals surface area (Å²) in [5, 5.41) is 9.13. The lowest BCUT2D eigenvalue weighted by molar-refractivity contribution is 0.251. The molecule has 1 aromatic carbocycles. The predicted octanol–water partition coefficient (Wildman–Crippen LogP) is 0.928. The number of sulfonamides is 1. The predicted molar refractivity (Wildman–Crippen MR) is 80.8 cm³/mol. The molecular weight excluding hydrogens is 312 g/mol. The Hall–Kier alpha value is -1.48. The van der Waals surface area contributed by atoms with Crippen molar-refractivity contribution in [1.82, 2.24) is 9.29 Å². The first kappa shape index (κ1) is 15.9. The van der Waals surface area contributed by atoms with E-state index in [1.54, 1.807) is 6.92 Å². The summed E-state index contributed by atoms with van der Waals surface area (Å²) < 4.78 is 26.4. The summed E-state index contributed by atoms with van der Waals surface area (Å²) in [6.07, 6.45) is 0. The standard InChI is InChI=1S/C13H16N2O4S2/c1-10-12(20-13(17)14-10)21(18,19)15(7-8-16)9-11-5-3-2-4-6-11/h2-6,16H,7-9H2,1H3,(H,14,17). The third kappa shape index (κ3) is 3.59. The van der Waals surface area contributed by atoms with Crippen LogP contribution in [0.25, 0.3) is 0 Å². The molecule has 0 atom stereocenters. The normalized spacial score (nSPS) is 12.0. The third-order valence-corrected chi connectivity index (χ3v) is 6.33. The molecule has 2 N–H and O–H groups in total. The Labute approximate surface area is 126 Å². The Morgan fingerprint density at radius 1 is 1.29 bits per heavy atom. The number of aromatic amines is 1. The largest absolute Gasteiger partial charge is 0.395 e. The molecule has 0 saturated heterocycles. The van der Waals surface area contributed by atoms with Crippen molar-refractivity contribution in [2.45, 2.75) is 17.7 Å². The average molecular weight is 328 g/mol. The van der Waals surface area contributed by atoms with Crippen LogP contribution >= 0.6 is 11.3 Å². The molecule has 1 aromatic heterocycles. The van der Waals surface area contributed by atoms with Gasteiger partial charge in [0.25, 0.3) is 10.0 Å². The fraction of sp³-hybridized carbons (Fsp3) is 0.308. The van der Waals surface area contributed by atoms with Crippen molar-refractivity contribution >= 4 is 21.4 Å². The molecule has 0 spiro atoms. The Morgan fingerprint density at radius 2 is 1.95 bits per heavy atom. The van der Waals surface area contributed by atoms with E-state index in [-0.39, 0.29) is 23.9 Å². The summed E-state index contributed by atoms with van der Waals surface area (Å²) in [6, 6.07) is 9.10. The molecule has 0 saturated carbocycles. The maximum atomic E-state index is 12.6. The summed E-state index contributed by atoms with van der Waals surface area (Å²) >= 11 is 0.664. The second-order valence-corrected chi connectivity index (χ2v) is 7.59. The van der Waals surface area contributed by atoms with Gasteiger partial charge >= 0.3 is 4.87 Å². The van der Waals surface area contributed by atoms with E-state index in [2.05, 4.69) is 4.98 Å². The molecule has 0 unspecified atom stereocenters. The van der Waals surface area contributed by atoms with Crippen LogP contribution in [-0.4, -0.2) is 36.0 Å². The Balaban J connectivity index is 2.37. The molecule has 2 aromatic rings. The molecule has 0 aliphatic heterocycles. The lowest BCUT2D eigenvalue weighted by Gasteiger charge is -2.20. The summed E-state index contributed by atoms with van der Waals surface area (Å²) in [5.41, 5.74) is 1.14. The number of H-pyrrole nitrogens is 1. The van der Waals surface area contributed by atoms with Crippen LogP contribution in [0.15, 0.2) is 39.3 Å². The lowest BCUT2D eigenvalue weighted by Crippen LogP contribution is -2.33. The molecule has 2 rings (SSSR count). The molecule has 1 heterocycles. The minimum Gasteiger partial charge on any atom is -0.395 e. The van der Waals surface area contributed by atoms with Gasteiger partial charge in [0.2, 0.25) is 0 Å². The maximum absolute atomic E-state index is 12.6. The van der Waals surface area contributed by atoms with Crippen molar-refractivity contribution in [3.8, 4) is 0 Å². The second-order valence-electron chi connectivity index (χ2n) is 4.47. The highest BCUT2D eigenvalue weighted by atomic mass is 32.2. The number of aromatic nitrogens is 1. The summed E-state index contributed by atoms with van der Waals surface area (Å²) in [4.78, 5) is 13.4. The van der Waals surface area contributed by atoms with E-state index < -0.39 is 14.9 Å². The zero-order chi connectivity index (χ0) is 15.5. The molecule has 0 aliphatic rings. The van der Waals surface area contributed by atoms with Gasteiger partial charge in [0.15, 0.2) is 4.21 Å². The van der Waals surface area contributed by atoms with Crippen molar-refractivity contribution in [2.24, 2.45) is 0 Å².